The summed E-state index contributed by atoms with van der Waals surface area (Å²) >= 11 is 0. The number of carbonyl (C=O) groups excluding carboxylic acids is 4. The summed E-state index contributed by atoms with van der Waals surface area (Å²) in [7, 11) is -3.96. The van der Waals surface area contributed by atoms with Crippen LogP contribution < -0.4 is 26.6 Å². The zero-order valence-corrected chi connectivity index (χ0v) is 24.6. The van der Waals surface area contributed by atoms with E-state index in [1.807, 2.05) is 13.8 Å². The third kappa shape index (κ3) is 11.3. The van der Waals surface area contributed by atoms with Crippen molar-refractivity contribution in [2.24, 2.45) is 11.1 Å². The minimum Gasteiger partial charge on any atom is -0.463 e. The molecule has 0 spiro atoms. The van der Waals surface area contributed by atoms with Crippen molar-refractivity contribution >= 4 is 39.4 Å². The molecule has 1 heterocycles. The number of amides is 3. The van der Waals surface area contributed by atoms with E-state index in [0.29, 0.717) is 12.5 Å². The first-order valence-electron chi connectivity index (χ1n) is 13.4. The molecule has 14 heteroatoms. The van der Waals surface area contributed by atoms with E-state index >= 15 is 0 Å². The van der Waals surface area contributed by atoms with Gasteiger partial charge in [-0.1, -0.05) is 19.9 Å². The largest absolute Gasteiger partial charge is 0.463 e. The van der Waals surface area contributed by atoms with Gasteiger partial charge in [-0.2, -0.15) is 0 Å². The highest BCUT2D eigenvalue weighted by atomic mass is 32.2. The van der Waals surface area contributed by atoms with Gasteiger partial charge in [0.05, 0.1) is 11.5 Å². The zero-order chi connectivity index (χ0) is 31.3. The Hall–Kier alpha value is -4.30. The van der Waals surface area contributed by atoms with Gasteiger partial charge < -0.3 is 25.3 Å². The zero-order valence-electron chi connectivity index (χ0n) is 23.8. The maximum absolute atomic E-state index is 13.2. The summed E-state index contributed by atoms with van der Waals surface area (Å²) in [6.45, 7) is 6.14. The van der Waals surface area contributed by atoms with E-state index in [2.05, 4.69) is 16.0 Å². The molecule has 1 unspecified atom stereocenters. The molecule has 13 nitrogen and oxygen atoms in total. The summed E-state index contributed by atoms with van der Waals surface area (Å²) in [5.74, 6) is -1.91. The van der Waals surface area contributed by atoms with Crippen LogP contribution in [0, 0.1) is 5.92 Å². The number of allylic oxidation sites excluding steroid dienone is 1. The number of nitrogens with one attached hydrogen (secondary N) is 3. The molecule has 0 saturated carbocycles. The van der Waals surface area contributed by atoms with Crippen LogP contribution in [0.25, 0.3) is 0 Å². The lowest BCUT2D eigenvalue weighted by molar-refractivity contribution is -0.137. The van der Waals surface area contributed by atoms with Crippen molar-refractivity contribution in [1.29, 1.82) is 0 Å². The first-order chi connectivity index (χ1) is 19.8. The van der Waals surface area contributed by atoms with Crippen molar-refractivity contribution in [3.63, 3.8) is 0 Å². The molecule has 42 heavy (non-hydrogen) atoms. The number of hydrogen-bond donors (Lipinski definition) is 4. The molecule has 0 aliphatic heterocycles. The number of sulfonamides is 1. The molecule has 2 rings (SSSR count). The summed E-state index contributed by atoms with van der Waals surface area (Å²) in [6.07, 6.45) is 5.13. The third-order valence-corrected chi connectivity index (χ3v) is 6.79. The lowest BCUT2D eigenvalue weighted by Gasteiger charge is -2.18. The van der Waals surface area contributed by atoms with Gasteiger partial charge in [0.15, 0.2) is 0 Å². The number of benzene rings is 1. The number of ether oxygens (including phenoxy) is 1. The maximum Gasteiger partial charge on any atom is 0.330 e. The second-order valence-electron chi connectivity index (χ2n) is 9.70. The highest BCUT2D eigenvalue weighted by Gasteiger charge is 2.23. The van der Waals surface area contributed by atoms with Crippen molar-refractivity contribution in [2.75, 3.05) is 18.5 Å². The molecule has 228 valence electrons. The fourth-order valence-electron chi connectivity index (χ4n) is 3.63. The molecule has 3 amide bonds. The summed E-state index contributed by atoms with van der Waals surface area (Å²) in [5, 5.41) is 12.9. The molecule has 2 aromatic rings. The number of aromatic nitrogens is 1. The van der Waals surface area contributed by atoms with Crippen LogP contribution in [0.15, 0.2) is 64.4 Å². The van der Waals surface area contributed by atoms with E-state index in [1.54, 1.807) is 6.92 Å². The second kappa shape index (κ2) is 16.2. The SMILES string of the molecule is CCOC(=O)/C=C/CCC(NC(=O)c1ccc(S(N)(=O)=O)cc1)C(=O)Nc1cccn(CC(=O)NCCC(C)C)c1=O. The predicted octanol–water partition coefficient (Wildman–Crippen LogP) is 1.29. The number of esters is 1. The second-order valence-corrected chi connectivity index (χ2v) is 11.3. The molecule has 0 saturated heterocycles. The molecule has 0 radical (unpaired) electrons. The van der Waals surface area contributed by atoms with Crippen molar-refractivity contribution in [2.45, 2.75) is 57.5 Å². The van der Waals surface area contributed by atoms with Crippen molar-refractivity contribution < 1.29 is 32.3 Å². The van der Waals surface area contributed by atoms with E-state index in [0.717, 1.165) is 23.1 Å². The van der Waals surface area contributed by atoms with Crippen LogP contribution >= 0.6 is 0 Å². The quantitative estimate of drug-likeness (QED) is 0.173. The molecule has 5 N–H and O–H groups in total. The Kier molecular flexibility index (Phi) is 13.1. The Morgan fingerprint density at radius 2 is 1.76 bits per heavy atom. The normalized spacial score (nSPS) is 12.1. The Bertz CT molecular complexity index is 1450. The van der Waals surface area contributed by atoms with Crippen molar-refractivity contribution in [1.82, 2.24) is 15.2 Å². The minimum absolute atomic E-state index is 0.0437. The third-order valence-electron chi connectivity index (χ3n) is 5.87. The predicted molar refractivity (Wildman–Crippen MR) is 156 cm³/mol. The highest BCUT2D eigenvalue weighted by Crippen LogP contribution is 2.11. The highest BCUT2D eigenvalue weighted by molar-refractivity contribution is 7.89. The summed E-state index contributed by atoms with van der Waals surface area (Å²) < 4.78 is 29.0. The van der Waals surface area contributed by atoms with E-state index < -0.39 is 39.4 Å². The Morgan fingerprint density at radius 1 is 1.07 bits per heavy atom. The smallest absolute Gasteiger partial charge is 0.330 e. The summed E-state index contributed by atoms with van der Waals surface area (Å²) in [5.41, 5.74) is -0.653. The summed E-state index contributed by atoms with van der Waals surface area (Å²) in [6, 6.07) is 6.52. The van der Waals surface area contributed by atoms with Crippen LogP contribution in [0.1, 0.15) is 50.4 Å². The maximum atomic E-state index is 13.2. The molecule has 1 aromatic carbocycles. The molecule has 0 aliphatic rings. The van der Waals surface area contributed by atoms with Crippen LogP contribution in [0.3, 0.4) is 0 Å². The lowest BCUT2D eigenvalue weighted by Crippen LogP contribution is -2.44. The Morgan fingerprint density at radius 3 is 2.38 bits per heavy atom. The number of pyridine rings is 1. The number of anilines is 1. The molecule has 1 aromatic heterocycles. The number of nitrogens with two attached hydrogens (primary N) is 1. The minimum atomic E-state index is -3.96. The van der Waals surface area contributed by atoms with Gasteiger partial charge in [-0.15, -0.1) is 0 Å². The number of hydrogen-bond acceptors (Lipinski definition) is 8. The number of nitrogens with zero attached hydrogens (tertiary/aromatic N) is 1. The Balaban J connectivity index is 2.19. The van der Waals surface area contributed by atoms with Gasteiger partial charge in [0, 0.05) is 24.4 Å². The standard InChI is InChI=1S/C28H37N5O8S/c1-4-41-25(35)10-6-5-8-22(31-26(36)20-11-13-21(14-12-20)42(29,39)40)27(37)32-23-9-7-17-33(28(23)38)18-24(34)30-16-15-19(2)3/h6-7,9-14,17,19,22H,4-5,8,15-16,18H2,1-3H3,(H,30,34)(H,31,36)(H,32,37)(H2,29,39,40)/b10-6+. The molecule has 1 atom stereocenters. The topological polar surface area (TPSA) is 196 Å². The fourth-order valence-corrected chi connectivity index (χ4v) is 4.14. The van der Waals surface area contributed by atoms with Gasteiger partial charge in [-0.05, 0) is 68.5 Å². The fraction of sp³-hybridized carbons (Fsp3) is 0.393. The van der Waals surface area contributed by atoms with Gasteiger partial charge in [-0.3, -0.25) is 19.2 Å². The molecular formula is C28H37N5O8S. The first kappa shape index (κ1) is 33.9. The van der Waals surface area contributed by atoms with Crippen LogP contribution in [0.4, 0.5) is 5.69 Å². The van der Waals surface area contributed by atoms with Gasteiger partial charge in [0.2, 0.25) is 21.8 Å². The number of carbonyl (C=O) groups is 4. The molecular weight excluding hydrogens is 566 g/mol. The number of primary sulfonamides is 1. The van der Waals surface area contributed by atoms with Gasteiger partial charge in [0.1, 0.15) is 18.3 Å². The average Bonchev–Trinajstić information content (AvgIpc) is 2.92. The first-order valence-corrected chi connectivity index (χ1v) is 14.9. The van der Waals surface area contributed by atoms with Crippen molar-refractivity contribution in [3.8, 4) is 0 Å². The lowest BCUT2D eigenvalue weighted by atomic mass is 10.1. The van der Waals surface area contributed by atoms with E-state index in [1.165, 1.54) is 42.6 Å². The van der Waals surface area contributed by atoms with E-state index in [-0.39, 0.29) is 48.0 Å². The van der Waals surface area contributed by atoms with Gasteiger partial charge in [-0.25, -0.2) is 18.4 Å². The van der Waals surface area contributed by atoms with E-state index in [4.69, 9.17) is 9.88 Å². The van der Waals surface area contributed by atoms with E-state index in [9.17, 15) is 32.4 Å². The monoisotopic (exact) mass is 603 g/mol. The van der Waals surface area contributed by atoms with Crippen LogP contribution in [0.5, 0.6) is 0 Å². The molecule has 0 aliphatic carbocycles. The van der Waals surface area contributed by atoms with Crippen LogP contribution in [-0.2, 0) is 35.7 Å². The van der Waals surface area contributed by atoms with Crippen LogP contribution in [0.2, 0.25) is 0 Å². The average molecular weight is 604 g/mol. The van der Waals surface area contributed by atoms with Gasteiger partial charge in [0.25, 0.3) is 11.5 Å². The Labute approximate surface area is 244 Å². The summed E-state index contributed by atoms with van der Waals surface area (Å²) in [4.78, 5) is 62.7. The number of rotatable bonds is 15. The van der Waals surface area contributed by atoms with Crippen LogP contribution in [-0.4, -0.2) is 55.9 Å². The van der Waals surface area contributed by atoms with Crippen molar-refractivity contribution in [3.05, 3.63) is 70.7 Å². The van der Waals surface area contributed by atoms with Gasteiger partial charge >= 0.3 is 5.97 Å². The molecule has 0 bridgehead atoms. The molecule has 0 fully saturated rings.